The predicted octanol–water partition coefficient (Wildman–Crippen LogP) is 3.28. The van der Waals surface area contributed by atoms with Crippen molar-refractivity contribution >= 4 is 0 Å². The van der Waals surface area contributed by atoms with Crippen molar-refractivity contribution in [2.75, 3.05) is 19.7 Å². The van der Waals surface area contributed by atoms with E-state index in [4.69, 9.17) is 4.74 Å². The lowest BCUT2D eigenvalue weighted by Gasteiger charge is -2.30. The van der Waals surface area contributed by atoms with E-state index in [0.29, 0.717) is 0 Å². The van der Waals surface area contributed by atoms with Gasteiger partial charge in [-0.2, -0.15) is 0 Å². The largest absolute Gasteiger partial charge is 0.494 e. The standard InChI is InChI=1S/C16H23NO/c1-3-17-13-16(11-5-6-12-16)14-7-9-15(10-8-14)18-4-2/h5-10,17H,3-4,11-13H2,1-2H3. The molecule has 1 aliphatic rings. The highest BCUT2D eigenvalue weighted by Gasteiger charge is 2.32. The average molecular weight is 245 g/mol. The van der Waals surface area contributed by atoms with Crippen LogP contribution in [0, 0.1) is 0 Å². The second kappa shape index (κ2) is 6.05. The Kier molecular flexibility index (Phi) is 4.43. The summed E-state index contributed by atoms with van der Waals surface area (Å²) in [5.41, 5.74) is 1.66. The Labute approximate surface area is 110 Å². The molecule has 2 heteroatoms. The summed E-state index contributed by atoms with van der Waals surface area (Å²) >= 11 is 0. The van der Waals surface area contributed by atoms with Crippen LogP contribution in [-0.2, 0) is 5.41 Å². The first-order valence-corrected chi connectivity index (χ1v) is 6.90. The minimum atomic E-state index is 0.251. The summed E-state index contributed by atoms with van der Waals surface area (Å²) in [6.45, 7) is 6.97. The van der Waals surface area contributed by atoms with Gasteiger partial charge in [0, 0.05) is 12.0 Å². The summed E-state index contributed by atoms with van der Waals surface area (Å²) in [5, 5.41) is 3.50. The van der Waals surface area contributed by atoms with E-state index in [2.05, 4.69) is 48.7 Å². The summed E-state index contributed by atoms with van der Waals surface area (Å²) in [6, 6.07) is 8.61. The molecule has 0 radical (unpaired) electrons. The number of hydrogen-bond acceptors (Lipinski definition) is 2. The molecule has 0 fully saturated rings. The van der Waals surface area contributed by atoms with Gasteiger partial charge in [0.1, 0.15) is 5.75 Å². The van der Waals surface area contributed by atoms with Crippen molar-refractivity contribution < 1.29 is 4.74 Å². The van der Waals surface area contributed by atoms with Gasteiger partial charge < -0.3 is 10.1 Å². The third kappa shape index (κ3) is 2.75. The molecule has 0 saturated carbocycles. The van der Waals surface area contributed by atoms with Crippen molar-refractivity contribution in [2.45, 2.75) is 32.1 Å². The zero-order valence-corrected chi connectivity index (χ0v) is 11.4. The highest BCUT2D eigenvalue weighted by atomic mass is 16.5. The van der Waals surface area contributed by atoms with Crippen LogP contribution in [0.4, 0.5) is 0 Å². The van der Waals surface area contributed by atoms with Crippen LogP contribution in [0.1, 0.15) is 32.3 Å². The van der Waals surface area contributed by atoms with E-state index in [1.807, 2.05) is 6.92 Å². The van der Waals surface area contributed by atoms with Gasteiger partial charge in [-0.3, -0.25) is 0 Å². The first-order chi connectivity index (χ1) is 8.80. The average Bonchev–Trinajstić information content (AvgIpc) is 2.88. The number of likely N-dealkylation sites (N-methyl/N-ethyl adjacent to an activating group) is 1. The molecular formula is C16H23NO. The van der Waals surface area contributed by atoms with Crippen molar-refractivity contribution in [2.24, 2.45) is 0 Å². The molecule has 1 aliphatic carbocycles. The first kappa shape index (κ1) is 13.2. The van der Waals surface area contributed by atoms with Crippen molar-refractivity contribution in [3.05, 3.63) is 42.0 Å². The lowest BCUT2D eigenvalue weighted by atomic mass is 9.78. The smallest absolute Gasteiger partial charge is 0.119 e. The van der Waals surface area contributed by atoms with Gasteiger partial charge in [0.15, 0.2) is 0 Å². The molecule has 0 spiro atoms. The summed E-state index contributed by atoms with van der Waals surface area (Å²) in [5.74, 6) is 0.964. The van der Waals surface area contributed by atoms with Crippen LogP contribution in [-0.4, -0.2) is 19.7 Å². The quantitative estimate of drug-likeness (QED) is 0.777. The van der Waals surface area contributed by atoms with E-state index in [0.717, 1.165) is 38.3 Å². The van der Waals surface area contributed by atoms with E-state index in [1.54, 1.807) is 0 Å². The van der Waals surface area contributed by atoms with Gasteiger partial charge >= 0.3 is 0 Å². The Balaban J connectivity index is 2.15. The molecule has 1 aromatic carbocycles. The lowest BCUT2D eigenvalue weighted by molar-refractivity contribution is 0.339. The highest BCUT2D eigenvalue weighted by molar-refractivity contribution is 5.35. The Bertz CT molecular complexity index is 386. The second-order valence-corrected chi connectivity index (χ2v) is 4.90. The molecule has 0 aromatic heterocycles. The lowest BCUT2D eigenvalue weighted by Crippen LogP contribution is -2.36. The molecule has 18 heavy (non-hydrogen) atoms. The van der Waals surface area contributed by atoms with E-state index >= 15 is 0 Å². The van der Waals surface area contributed by atoms with Crippen molar-refractivity contribution in [3.8, 4) is 5.75 Å². The number of allylic oxidation sites excluding steroid dienone is 2. The topological polar surface area (TPSA) is 21.3 Å². The normalized spacial score (nSPS) is 17.0. The van der Waals surface area contributed by atoms with Crippen molar-refractivity contribution in [3.63, 3.8) is 0 Å². The van der Waals surface area contributed by atoms with Gasteiger partial charge in [-0.15, -0.1) is 0 Å². The molecule has 98 valence electrons. The van der Waals surface area contributed by atoms with Crippen LogP contribution < -0.4 is 10.1 Å². The van der Waals surface area contributed by atoms with Gasteiger partial charge in [0.05, 0.1) is 6.61 Å². The van der Waals surface area contributed by atoms with Gasteiger partial charge in [-0.1, -0.05) is 31.2 Å². The maximum absolute atomic E-state index is 5.51. The fourth-order valence-electron chi connectivity index (χ4n) is 2.62. The molecule has 0 saturated heterocycles. The maximum atomic E-state index is 5.51. The van der Waals surface area contributed by atoms with Gasteiger partial charge in [0.2, 0.25) is 0 Å². The highest BCUT2D eigenvalue weighted by Crippen LogP contribution is 2.37. The summed E-state index contributed by atoms with van der Waals surface area (Å²) in [6.07, 6.45) is 6.86. The second-order valence-electron chi connectivity index (χ2n) is 4.90. The van der Waals surface area contributed by atoms with Crippen LogP contribution in [0.2, 0.25) is 0 Å². The summed E-state index contributed by atoms with van der Waals surface area (Å²) in [4.78, 5) is 0. The third-order valence-electron chi connectivity index (χ3n) is 3.67. The van der Waals surface area contributed by atoms with Crippen LogP contribution in [0.15, 0.2) is 36.4 Å². The van der Waals surface area contributed by atoms with Crippen molar-refractivity contribution in [1.82, 2.24) is 5.32 Å². The zero-order valence-electron chi connectivity index (χ0n) is 11.4. The molecule has 0 atom stereocenters. The fourth-order valence-corrected chi connectivity index (χ4v) is 2.62. The minimum Gasteiger partial charge on any atom is -0.494 e. The van der Waals surface area contributed by atoms with Crippen LogP contribution in [0.3, 0.4) is 0 Å². The maximum Gasteiger partial charge on any atom is 0.119 e. The zero-order chi connectivity index (χ0) is 12.8. The summed E-state index contributed by atoms with van der Waals surface area (Å²) in [7, 11) is 0. The van der Waals surface area contributed by atoms with Gasteiger partial charge in [-0.25, -0.2) is 0 Å². The van der Waals surface area contributed by atoms with E-state index < -0.39 is 0 Å². The molecule has 0 unspecified atom stereocenters. The van der Waals surface area contributed by atoms with E-state index in [-0.39, 0.29) is 5.41 Å². The molecule has 1 aromatic rings. The molecule has 0 amide bonds. The Morgan fingerprint density at radius 2 is 1.78 bits per heavy atom. The molecule has 1 N–H and O–H groups in total. The Morgan fingerprint density at radius 1 is 1.11 bits per heavy atom. The van der Waals surface area contributed by atoms with Crippen LogP contribution >= 0.6 is 0 Å². The van der Waals surface area contributed by atoms with Gasteiger partial charge in [-0.05, 0) is 44.0 Å². The molecule has 2 nitrogen and oxygen atoms in total. The van der Waals surface area contributed by atoms with Crippen molar-refractivity contribution in [1.29, 1.82) is 0 Å². The number of benzene rings is 1. The number of ether oxygens (including phenoxy) is 1. The molecule has 0 aliphatic heterocycles. The molecule has 0 heterocycles. The number of nitrogens with one attached hydrogen (secondary N) is 1. The minimum absolute atomic E-state index is 0.251. The monoisotopic (exact) mass is 245 g/mol. The van der Waals surface area contributed by atoms with Crippen LogP contribution in [0.5, 0.6) is 5.75 Å². The first-order valence-electron chi connectivity index (χ1n) is 6.90. The molecule has 0 bridgehead atoms. The summed E-state index contributed by atoms with van der Waals surface area (Å²) < 4.78 is 5.51. The fraction of sp³-hybridized carbons (Fsp3) is 0.500. The predicted molar refractivity (Wildman–Crippen MR) is 76.2 cm³/mol. The van der Waals surface area contributed by atoms with E-state index in [9.17, 15) is 0 Å². The van der Waals surface area contributed by atoms with E-state index in [1.165, 1.54) is 5.56 Å². The molecule has 2 rings (SSSR count). The number of rotatable bonds is 6. The Morgan fingerprint density at radius 3 is 2.33 bits per heavy atom. The Hall–Kier alpha value is -1.28. The number of hydrogen-bond donors (Lipinski definition) is 1. The third-order valence-corrected chi connectivity index (χ3v) is 3.67. The molecular weight excluding hydrogens is 222 g/mol. The van der Waals surface area contributed by atoms with Crippen LogP contribution in [0.25, 0.3) is 0 Å². The SMILES string of the molecule is CCNCC1(c2ccc(OCC)cc2)CC=CC1. The van der Waals surface area contributed by atoms with Gasteiger partial charge in [0.25, 0.3) is 0 Å².